The van der Waals surface area contributed by atoms with Gasteiger partial charge < -0.3 is 14.8 Å². The zero-order valence-corrected chi connectivity index (χ0v) is 11.0. The van der Waals surface area contributed by atoms with Gasteiger partial charge in [0.15, 0.2) is 5.69 Å². The predicted molar refractivity (Wildman–Crippen MR) is 73.6 cm³/mol. The molecule has 1 aromatic heterocycles. The van der Waals surface area contributed by atoms with Gasteiger partial charge in [0.2, 0.25) is 0 Å². The highest BCUT2D eigenvalue weighted by molar-refractivity contribution is 5.89. The Bertz CT molecular complexity index is 634. The van der Waals surface area contributed by atoms with Gasteiger partial charge >= 0.3 is 5.97 Å². The minimum atomic E-state index is -1.08. The molecule has 0 amide bonds. The number of benzene rings is 1. The minimum absolute atomic E-state index is 0.000592. The van der Waals surface area contributed by atoms with Gasteiger partial charge in [-0.25, -0.2) is 4.79 Å². The third-order valence-corrected chi connectivity index (χ3v) is 3.64. The molecule has 0 bridgehead atoms. The maximum Gasteiger partial charge on any atom is 0.356 e. The summed E-state index contributed by atoms with van der Waals surface area (Å²) in [6, 6.07) is 11.7. The summed E-state index contributed by atoms with van der Waals surface area (Å²) in [5, 5.41) is 18.8. The third-order valence-electron chi connectivity index (χ3n) is 3.64. The van der Waals surface area contributed by atoms with Crippen LogP contribution < -0.4 is 0 Å². The Morgan fingerprint density at radius 2 is 1.95 bits per heavy atom. The van der Waals surface area contributed by atoms with Gasteiger partial charge in [0.1, 0.15) is 5.75 Å². The molecule has 2 heterocycles. The van der Waals surface area contributed by atoms with Gasteiger partial charge in [-0.15, -0.1) is 0 Å². The van der Waals surface area contributed by atoms with E-state index < -0.39 is 5.97 Å². The maximum atomic E-state index is 11.1. The van der Waals surface area contributed by atoms with Crippen molar-refractivity contribution in [2.75, 3.05) is 6.54 Å². The number of nitrogens with zero attached hydrogens (tertiary/aromatic N) is 2. The van der Waals surface area contributed by atoms with Crippen LogP contribution >= 0.6 is 0 Å². The molecule has 1 aliphatic heterocycles. The minimum Gasteiger partial charge on any atom is -0.505 e. The first-order valence-electron chi connectivity index (χ1n) is 6.56. The Morgan fingerprint density at radius 3 is 2.65 bits per heavy atom. The number of carbonyl (C=O) groups is 1. The molecule has 3 rings (SSSR count). The van der Waals surface area contributed by atoms with E-state index in [-0.39, 0.29) is 11.4 Å². The number of hydrogen-bond donors (Lipinski definition) is 2. The Labute approximate surface area is 116 Å². The summed E-state index contributed by atoms with van der Waals surface area (Å²) in [5.74, 6) is -1.22. The van der Waals surface area contributed by atoms with E-state index in [1.54, 1.807) is 10.6 Å². The fourth-order valence-corrected chi connectivity index (χ4v) is 2.72. The van der Waals surface area contributed by atoms with Crippen molar-refractivity contribution >= 4 is 5.97 Å². The summed E-state index contributed by atoms with van der Waals surface area (Å²) < 4.78 is 1.69. The molecule has 1 aromatic carbocycles. The van der Waals surface area contributed by atoms with E-state index in [2.05, 4.69) is 17.0 Å². The van der Waals surface area contributed by atoms with Gasteiger partial charge in [0, 0.05) is 37.9 Å². The molecule has 104 valence electrons. The summed E-state index contributed by atoms with van der Waals surface area (Å²) >= 11 is 0. The van der Waals surface area contributed by atoms with Gasteiger partial charge in [0.25, 0.3) is 0 Å². The van der Waals surface area contributed by atoms with Crippen LogP contribution in [0.2, 0.25) is 0 Å². The Hall–Kier alpha value is -2.27. The molecular formula is C15H16N2O3. The molecule has 0 radical (unpaired) electrons. The number of rotatable bonds is 3. The van der Waals surface area contributed by atoms with E-state index >= 15 is 0 Å². The number of aromatic nitrogens is 1. The summed E-state index contributed by atoms with van der Waals surface area (Å²) in [5.41, 5.74) is 2.08. The first kappa shape index (κ1) is 12.7. The predicted octanol–water partition coefficient (Wildman–Crippen LogP) is 1.91. The van der Waals surface area contributed by atoms with Gasteiger partial charge in [-0.3, -0.25) is 4.90 Å². The number of aromatic carboxylic acids is 1. The van der Waals surface area contributed by atoms with Gasteiger partial charge in [-0.05, 0) is 5.56 Å². The Morgan fingerprint density at radius 1 is 1.20 bits per heavy atom. The fourth-order valence-electron chi connectivity index (χ4n) is 2.72. The largest absolute Gasteiger partial charge is 0.505 e. The summed E-state index contributed by atoms with van der Waals surface area (Å²) in [7, 11) is 0. The molecule has 2 N–H and O–H groups in total. The van der Waals surface area contributed by atoms with Crippen LogP contribution in [0.15, 0.2) is 36.4 Å². The monoisotopic (exact) mass is 272 g/mol. The normalized spacial score (nSPS) is 15.0. The molecule has 1 aliphatic rings. The third kappa shape index (κ3) is 2.28. The molecule has 0 unspecified atom stereocenters. The highest BCUT2D eigenvalue weighted by atomic mass is 16.4. The van der Waals surface area contributed by atoms with Crippen LogP contribution in [-0.2, 0) is 19.6 Å². The lowest BCUT2D eigenvalue weighted by Gasteiger charge is -2.28. The topological polar surface area (TPSA) is 65.7 Å². The quantitative estimate of drug-likeness (QED) is 0.895. The molecule has 0 spiro atoms. The second-order valence-electron chi connectivity index (χ2n) is 5.02. The first-order chi connectivity index (χ1) is 9.65. The van der Waals surface area contributed by atoms with E-state index in [9.17, 15) is 9.90 Å². The van der Waals surface area contributed by atoms with Crippen LogP contribution in [-0.4, -0.2) is 32.2 Å². The van der Waals surface area contributed by atoms with Gasteiger partial charge in [-0.2, -0.15) is 0 Å². The number of aromatic hydroxyl groups is 1. The molecule has 0 aliphatic carbocycles. The molecule has 20 heavy (non-hydrogen) atoms. The van der Waals surface area contributed by atoms with E-state index in [1.807, 2.05) is 18.2 Å². The van der Waals surface area contributed by atoms with Crippen molar-refractivity contribution in [3.63, 3.8) is 0 Å². The van der Waals surface area contributed by atoms with Crippen molar-refractivity contribution < 1.29 is 15.0 Å². The smallest absolute Gasteiger partial charge is 0.356 e. The molecule has 0 atom stereocenters. The molecule has 5 heteroatoms. The molecule has 0 saturated carbocycles. The van der Waals surface area contributed by atoms with E-state index in [0.717, 1.165) is 18.8 Å². The zero-order chi connectivity index (χ0) is 14.1. The average Bonchev–Trinajstić information content (AvgIpc) is 2.75. The fraction of sp³-hybridized carbons (Fsp3) is 0.267. The van der Waals surface area contributed by atoms with E-state index in [4.69, 9.17) is 5.11 Å². The van der Waals surface area contributed by atoms with E-state index in [0.29, 0.717) is 13.1 Å². The zero-order valence-electron chi connectivity index (χ0n) is 11.0. The Kier molecular flexibility index (Phi) is 3.20. The number of hydrogen-bond acceptors (Lipinski definition) is 3. The highest BCUT2D eigenvalue weighted by Gasteiger charge is 2.25. The number of fused-ring (bicyclic) bond motifs is 1. The van der Waals surface area contributed by atoms with Crippen molar-refractivity contribution in [2.24, 2.45) is 0 Å². The molecule has 5 nitrogen and oxygen atoms in total. The van der Waals surface area contributed by atoms with Crippen molar-refractivity contribution in [3.05, 3.63) is 53.3 Å². The van der Waals surface area contributed by atoms with Crippen LogP contribution in [0.1, 0.15) is 21.7 Å². The molecule has 0 saturated heterocycles. The summed E-state index contributed by atoms with van der Waals surface area (Å²) in [6.45, 7) is 2.84. The van der Waals surface area contributed by atoms with Crippen molar-refractivity contribution in [3.8, 4) is 5.75 Å². The van der Waals surface area contributed by atoms with Crippen LogP contribution in [0.5, 0.6) is 5.75 Å². The second kappa shape index (κ2) is 5.02. The number of carboxylic acids is 1. The molecule has 0 fully saturated rings. The molecule has 2 aromatic rings. The Balaban J connectivity index is 1.79. The lowest BCUT2D eigenvalue weighted by molar-refractivity contribution is 0.0677. The van der Waals surface area contributed by atoms with Crippen LogP contribution in [0.4, 0.5) is 0 Å². The van der Waals surface area contributed by atoms with E-state index in [1.165, 1.54) is 5.56 Å². The standard InChI is InChI=1S/C15H16N2O3/c18-13-8-12-10-16(9-11-4-2-1-3-5-11)6-7-17(12)14(13)15(19)20/h1-5,8,18H,6-7,9-10H2,(H,19,20). The van der Waals surface area contributed by atoms with Crippen molar-refractivity contribution in [1.29, 1.82) is 0 Å². The van der Waals surface area contributed by atoms with Crippen molar-refractivity contribution in [1.82, 2.24) is 9.47 Å². The summed E-state index contributed by atoms with van der Waals surface area (Å²) in [6.07, 6.45) is 0. The van der Waals surface area contributed by atoms with Crippen LogP contribution in [0.25, 0.3) is 0 Å². The highest BCUT2D eigenvalue weighted by Crippen LogP contribution is 2.27. The number of carboxylic acid groups (broad SMARTS) is 1. The lowest BCUT2D eigenvalue weighted by Crippen LogP contribution is -2.34. The van der Waals surface area contributed by atoms with Crippen molar-refractivity contribution in [2.45, 2.75) is 19.6 Å². The SMILES string of the molecule is O=C(O)c1c(O)cc2n1CCN(Cc1ccccc1)C2. The first-order valence-corrected chi connectivity index (χ1v) is 6.56. The average molecular weight is 272 g/mol. The van der Waals surface area contributed by atoms with Gasteiger partial charge in [0.05, 0.1) is 0 Å². The van der Waals surface area contributed by atoms with Crippen LogP contribution in [0, 0.1) is 0 Å². The molecular weight excluding hydrogens is 256 g/mol. The second-order valence-corrected chi connectivity index (χ2v) is 5.02. The maximum absolute atomic E-state index is 11.1. The van der Waals surface area contributed by atoms with Gasteiger partial charge in [-0.1, -0.05) is 30.3 Å². The summed E-state index contributed by atoms with van der Waals surface area (Å²) in [4.78, 5) is 13.4. The van der Waals surface area contributed by atoms with Crippen LogP contribution in [0.3, 0.4) is 0 Å². The lowest BCUT2D eigenvalue weighted by atomic mass is 10.2.